The molecule has 4 aliphatic rings. The molecule has 7 rings (SSSR count). The van der Waals surface area contributed by atoms with E-state index in [2.05, 4.69) is 31.8 Å². The van der Waals surface area contributed by atoms with Gasteiger partial charge in [0.15, 0.2) is 5.82 Å². The van der Waals surface area contributed by atoms with E-state index in [0.29, 0.717) is 43.5 Å². The molecule has 0 amide bonds. The number of aryl methyl sites for hydroxylation is 1. The first kappa shape index (κ1) is 22.4. The quantitative estimate of drug-likeness (QED) is 0.443. The second-order valence-electron chi connectivity index (χ2n) is 10.5. The lowest BCUT2D eigenvalue weighted by molar-refractivity contribution is -0.0476. The molecule has 0 aromatic carbocycles. The van der Waals surface area contributed by atoms with Crippen molar-refractivity contribution in [2.24, 2.45) is 5.92 Å². The van der Waals surface area contributed by atoms with E-state index in [4.69, 9.17) is 15.2 Å². The summed E-state index contributed by atoms with van der Waals surface area (Å²) >= 11 is 1.57. The number of hydrogen-bond donors (Lipinski definition) is 3. The van der Waals surface area contributed by atoms with E-state index in [-0.39, 0.29) is 24.0 Å². The Balaban J connectivity index is 1.08. The molecule has 0 bridgehead atoms. The number of thiophene rings is 1. The van der Waals surface area contributed by atoms with Gasteiger partial charge in [0.1, 0.15) is 15.5 Å². The number of aromatic nitrogens is 4. The van der Waals surface area contributed by atoms with Crippen molar-refractivity contribution in [1.29, 1.82) is 5.26 Å². The SMILES string of the molecule is Cc1cc(Nc2nc(N[C@@H]3C[C@H]4CCC5(S(=O)(=O)N6CC(C#N)C6)C[C@@H](C3)N45)nc3sccc23)n[nH]1. The molecule has 0 spiro atoms. The number of anilines is 3. The number of H-pyrrole nitrogens is 1. The number of rotatable bonds is 6. The topological polar surface area (TPSA) is 143 Å². The van der Waals surface area contributed by atoms with Crippen molar-refractivity contribution < 1.29 is 8.42 Å². The zero-order valence-corrected chi connectivity index (χ0v) is 21.4. The van der Waals surface area contributed by atoms with Crippen LogP contribution >= 0.6 is 11.3 Å². The van der Waals surface area contributed by atoms with E-state index in [9.17, 15) is 8.42 Å². The fourth-order valence-corrected chi connectivity index (χ4v) is 9.95. The van der Waals surface area contributed by atoms with Crippen molar-refractivity contribution in [2.45, 2.75) is 62.0 Å². The molecule has 0 radical (unpaired) electrons. The number of nitrogens with zero attached hydrogens (tertiary/aromatic N) is 6. The van der Waals surface area contributed by atoms with Crippen LogP contribution in [0.3, 0.4) is 0 Å². The Kier molecular flexibility index (Phi) is 4.89. The second kappa shape index (κ2) is 7.85. The van der Waals surface area contributed by atoms with Crippen LogP contribution < -0.4 is 10.6 Å². The van der Waals surface area contributed by atoms with Crippen LogP contribution in [0, 0.1) is 24.2 Å². The number of piperidine rings is 1. The highest BCUT2D eigenvalue weighted by Crippen LogP contribution is 2.57. The van der Waals surface area contributed by atoms with Gasteiger partial charge in [0.2, 0.25) is 16.0 Å². The summed E-state index contributed by atoms with van der Waals surface area (Å²) in [6, 6.07) is 6.77. The molecule has 0 aliphatic carbocycles. The highest BCUT2D eigenvalue weighted by molar-refractivity contribution is 7.90. The van der Waals surface area contributed by atoms with Crippen molar-refractivity contribution in [2.75, 3.05) is 23.7 Å². The lowest BCUT2D eigenvalue weighted by Gasteiger charge is -2.60. The van der Waals surface area contributed by atoms with Crippen molar-refractivity contribution in [1.82, 2.24) is 29.4 Å². The van der Waals surface area contributed by atoms with Crippen LogP contribution in [0.5, 0.6) is 0 Å². The summed E-state index contributed by atoms with van der Waals surface area (Å²) in [4.78, 5) is 11.9. The van der Waals surface area contributed by atoms with Gasteiger partial charge in [0.25, 0.3) is 0 Å². The predicted molar refractivity (Wildman–Crippen MR) is 136 cm³/mol. The van der Waals surface area contributed by atoms with Gasteiger partial charge in [0, 0.05) is 43.0 Å². The largest absolute Gasteiger partial charge is 0.351 e. The van der Waals surface area contributed by atoms with Crippen LogP contribution in [0.1, 0.15) is 37.8 Å². The zero-order valence-electron chi connectivity index (χ0n) is 19.8. The average Bonchev–Trinajstić information content (AvgIpc) is 3.50. The van der Waals surface area contributed by atoms with E-state index in [1.165, 1.54) is 4.31 Å². The number of nitriles is 1. The van der Waals surface area contributed by atoms with Crippen molar-refractivity contribution in [3.05, 3.63) is 23.2 Å². The van der Waals surface area contributed by atoms with Crippen molar-refractivity contribution in [3.63, 3.8) is 0 Å². The Bertz CT molecular complexity index is 1490. The third-order valence-electron chi connectivity index (χ3n) is 8.25. The highest BCUT2D eigenvalue weighted by atomic mass is 32.2. The molecular formula is C23H27N9O2S2. The molecule has 4 fully saturated rings. The first-order valence-corrected chi connectivity index (χ1v) is 14.7. The van der Waals surface area contributed by atoms with Crippen LogP contribution in [0.15, 0.2) is 17.5 Å². The molecule has 3 aromatic rings. The van der Waals surface area contributed by atoms with Gasteiger partial charge in [-0.25, -0.2) is 13.4 Å². The van der Waals surface area contributed by atoms with E-state index in [0.717, 1.165) is 35.2 Å². The normalized spacial score (nSPS) is 30.4. The van der Waals surface area contributed by atoms with Crippen molar-refractivity contribution >= 4 is 49.2 Å². The maximum Gasteiger partial charge on any atom is 0.233 e. The Hall–Kier alpha value is -2.79. The Labute approximate surface area is 213 Å². The van der Waals surface area contributed by atoms with Crippen molar-refractivity contribution in [3.8, 4) is 6.07 Å². The smallest absolute Gasteiger partial charge is 0.233 e. The van der Waals surface area contributed by atoms with Crippen LogP contribution in [-0.2, 0) is 10.0 Å². The lowest BCUT2D eigenvalue weighted by Crippen LogP contribution is -2.74. The minimum Gasteiger partial charge on any atom is -0.351 e. The molecule has 4 atom stereocenters. The zero-order chi connectivity index (χ0) is 24.7. The Morgan fingerprint density at radius 1 is 1.28 bits per heavy atom. The van der Waals surface area contributed by atoms with Gasteiger partial charge in [-0.15, -0.1) is 11.3 Å². The number of nitrogens with one attached hydrogen (secondary N) is 3. The van der Waals surface area contributed by atoms with E-state index >= 15 is 0 Å². The summed E-state index contributed by atoms with van der Waals surface area (Å²) in [5.41, 5.74) is 0.965. The molecule has 4 saturated heterocycles. The van der Waals surface area contributed by atoms with Crippen LogP contribution in [-0.4, -0.2) is 73.9 Å². The fourth-order valence-electron chi connectivity index (χ4n) is 6.61. The van der Waals surface area contributed by atoms with Crippen LogP contribution in [0.25, 0.3) is 10.2 Å². The van der Waals surface area contributed by atoms with Gasteiger partial charge in [-0.1, -0.05) is 0 Å². The molecule has 0 saturated carbocycles. The monoisotopic (exact) mass is 525 g/mol. The molecule has 3 aromatic heterocycles. The average molecular weight is 526 g/mol. The van der Waals surface area contributed by atoms with Gasteiger partial charge < -0.3 is 10.6 Å². The second-order valence-corrected chi connectivity index (χ2v) is 13.6. The van der Waals surface area contributed by atoms with E-state index in [1.54, 1.807) is 11.3 Å². The molecule has 4 aliphatic heterocycles. The maximum absolute atomic E-state index is 13.5. The third-order valence-corrected chi connectivity index (χ3v) is 11.6. The van der Waals surface area contributed by atoms with Crippen LogP contribution in [0.2, 0.25) is 0 Å². The third kappa shape index (κ3) is 3.21. The summed E-state index contributed by atoms with van der Waals surface area (Å²) in [6.07, 6.45) is 3.93. The first-order valence-electron chi connectivity index (χ1n) is 12.3. The minimum atomic E-state index is -3.43. The molecule has 1 unspecified atom stereocenters. The summed E-state index contributed by atoms with van der Waals surface area (Å²) in [5.74, 6) is 1.83. The molecule has 188 valence electrons. The Morgan fingerprint density at radius 3 is 2.89 bits per heavy atom. The van der Waals surface area contributed by atoms with E-state index in [1.807, 2.05) is 24.4 Å². The standard InChI is InChI=1S/C23H27N9O2S2/c1-13-6-19(30-29-13)26-20-18-3-5-35-21(18)28-22(27-20)25-15-7-16-2-4-23(9-17(8-15)32(16)23)36(33,34)31-11-14(10-24)12-31/h3,5-6,14-17H,2,4,7-9,11-12H2,1H3,(H3,25,26,27,28,29,30)/t15-,16-,17-,23?/m1/s1. The maximum atomic E-state index is 13.5. The molecule has 7 heterocycles. The Morgan fingerprint density at radius 2 is 2.11 bits per heavy atom. The lowest BCUT2D eigenvalue weighted by atomic mass is 9.83. The summed E-state index contributed by atoms with van der Waals surface area (Å²) < 4.78 is 28.5. The van der Waals surface area contributed by atoms with Gasteiger partial charge in [-0.3, -0.25) is 10.00 Å². The number of aromatic amines is 1. The number of hydrogen-bond acceptors (Lipinski definition) is 10. The number of fused-ring (bicyclic) bond motifs is 1. The van der Waals surface area contributed by atoms with Gasteiger partial charge in [0.05, 0.1) is 17.4 Å². The predicted octanol–water partition coefficient (Wildman–Crippen LogP) is 2.76. The van der Waals surface area contributed by atoms with Gasteiger partial charge >= 0.3 is 0 Å². The number of sulfonamides is 1. The summed E-state index contributed by atoms with van der Waals surface area (Å²) in [7, 11) is -3.43. The molecule has 36 heavy (non-hydrogen) atoms. The van der Waals surface area contributed by atoms with E-state index < -0.39 is 14.9 Å². The van der Waals surface area contributed by atoms with Gasteiger partial charge in [-0.05, 0) is 50.5 Å². The molecule has 11 nitrogen and oxygen atoms in total. The molecular weight excluding hydrogens is 498 g/mol. The minimum absolute atomic E-state index is 0.170. The first-order chi connectivity index (χ1) is 17.4. The van der Waals surface area contributed by atoms with Crippen LogP contribution in [0.4, 0.5) is 17.6 Å². The highest BCUT2D eigenvalue weighted by Gasteiger charge is 2.68. The molecule has 13 heteroatoms. The summed E-state index contributed by atoms with van der Waals surface area (Å²) in [6.45, 7) is 2.63. The molecule has 3 N–H and O–H groups in total. The fraction of sp³-hybridized carbons (Fsp3) is 0.565. The summed E-state index contributed by atoms with van der Waals surface area (Å²) in [5, 5.41) is 26.1. The van der Waals surface area contributed by atoms with Gasteiger partial charge in [-0.2, -0.15) is 19.6 Å².